The van der Waals surface area contributed by atoms with E-state index in [2.05, 4.69) is 4.98 Å². The highest BCUT2D eigenvalue weighted by atomic mass is 32.1. The summed E-state index contributed by atoms with van der Waals surface area (Å²) in [5.41, 5.74) is 3.10. The van der Waals surface area contributed by atoms with Crippen molar-refractivity contribution in [1.29, 1.82) is 0 Å². The van der Waals surface area contributed by atoms with Crippen molar-refractivity contribution < 1.29 is 13.9 Å². The van der Waals surface area contributed by atoms with Gasteiger partial charge in [-0.15, -0.1) is 11.3 Å². The Kier molecular flexibility index (Phi) is 5.02. The number of fused-ring (bicyclic) bond motifs is 1. The molecule has 0 radical (unpaired) electrons. The summed E-state index contributed by atoms with van der Waals surface area (Å²) in [6, 6.07) is 9.32. The zero-order valence-corrected chi connectivity index (χ0v) is 16.6. The van der Waals surface area contributed by atoms with E-state index in [1.54, 1.807) is 0 Å². The van der Waals surface area contributed by atoms with E-state index in [9.17, 15) is 18.7 Å². The van der Waals surface area contributed by atoms with Gasteiger partial charge in [-0.25, -0.2) is 13.8 Å². The second-order valence-corrected chi connectivity index (χ2v) is 7.84. The average Bonchev–Trinajstić information content (AvgIpc) is 3.11. The molecule has 0 aliphatic rings. The molecule has 0 spiro atoms. The van der Waals surface area contributed by atoms with E-state index in [1.807, 2.05) is 37.4 Å². The van der Waals surface area contributed by atoms with Gasteiger partial charge in [0.15, 0.2) is 0 Å². The number of aryl methyl sites for hydroxylation is 2. The van der Waals surface area contributed by atoms with Crippen LogP contribution in [0.5, 0.6) is 0 Å². The first-order valence-corrected chi connectivity index (χ1v) is 9.91. The van der Waals surface area contributed by atoms with Crippen molar-refractivity contribution in [3.63, 3.8) is 0 Å². The van der Waals surface area contributed by atoms with Crippen LogP contribution in [-0.2, 0) is 6.54 Å². The molecule has 0 bridgehead atoms. The van der Waals surface area contributed by atoms with Crippen molar-refractivity contribution in [2.45, 2.75) is 26.5 Å². The monoisotopic (exact) mass is 412 g/mol. The first-order valence-electron chi connectivity index (χ1n) is 9.03. The van der Waals surface area contributed by atoms with Gasteiger partial charge >= 0.3 is 0 Å². The van der Waals surface area contributed by atoms with Gasteiger partial charge in [0.25, 0.3) is 5.56 Å². The highest BCUT2D eigenvalue weighted by Gasteiger charge is 2.20. The Bertz CT molecular complexity index is 1260. The summed E-state index contributed by atoms with van der Waals surface area (Å²) in [6.07, 6.45) is -0.218. The first kappa shape index (κ1) is 19.4. The minimum atomic E-state index is -1.52. The first-order chi connectivity index (χ1) is 13.9. The van der Waals surface area contributed by atoms with Gasteiger partial charge in [0.2, 0.25) is 0 Å². The van der Waals surface area contributed by atoms with E-state index in [-0.39, 0.29) is 12.1 Å². The fraction of sp³-hybridized carbons (Fsp3) is 0.182. The molecule has 1 unspecified atom stereocenters. The van der Waals surface area contributed by atoms with Crippen molar-refractivity contribution in [1.82, 2.24) is 9.55 Å². The van der Waals surface area contributed by atoms with Crippen molar-refractivity contribution in [2.24, 2.45) is 0 Å². The zero-order valence-electron chi connectivity index (χ0n) is 15.8. The van der Waals surface area contributed by atoms with E-state index < -0.39 is 23.3 Å². The maximum Gasteiger partial charge on any atom is 0.262 e. The van der Waals surface area contributed by atoms with Crippen LogP contribution >= 0.6 is 11.3 Å². The lowest BCUT2D eigenvalue weighted by Crippen LogP contribution is -2.24. The largest absolute Gasteiger partial charge is 0.386 e. The Balaban J connectivity index is 1.78. The number of thiophene rings is 1. The van der Waals surface area contributed by atoms with Crippen molar-refractivity contribution in [3.8, 4) is 11.1 Å². The Hall–Kier alpha value is -2.90. The van der Waals surface area contributed by atoms with Crippen molar-refractivity contribution in [3.05, 3.63) is 86.8 Å². The Morgan fingerprint density at radius 2 is 1.86 bits per heavy atom. The summed E-state index contributed by atoms with van der Waals surface area (Å²) < 4.78 is 29.1. The standard InChI is InChI=1S/C22H18F2N2O2S/c1-12-6-7-14(8-13(12)2)15-10-29-21-19(15)22(28)26(11-25-21)9-18(27)20-16(23)4-3-5-17(20)24/h3-8,10-11,18,27H,9H2,1-2H3. The van der Waals surface area contributed by atoms with Gasteiger partial charge in [-0.3, -0.25) is 9.36 Å². The normalized spacial score (nSPS) is 12.4. The second-order valence-electron chi connectivity index (χ2n) is 6.98. The fourth-order valence-electron chi connectivity index (χ4n) is 3.33. The molecular weight excluding hydrogens is 394 g/mol. The third kappa shape index (κ3) is 3.47. The van der Waals surface area contributed by atoms with Crippen LogP contribution in [0.15, 0.2) is 52.9 Å². The Labute approximate surface area is 169 Å². The van der Waals surface area contributed by atoms with E-state index >= 15 is 0 Å². The SMILES string of the molecule is Cc1ccc(-c2csc3ncn(CC(O)c4c(F)cccc4F)c(=O)c23)cc1C. The van der Waals surface area contributed by atoms with Crippen LogP contribution in [0.3, 0.4) is 0 Å². The topological polar surface area (TPSA) is 55.1 Å². The molecule has 29 heavy (non-hydrogen) atoms. The molecule has 0 saturated heterocycles. The van der Waals surface area contributed by atoms with Gasteiger partial charge in [0, 0.05) is 10.9 Å². The molecule has 4 nitrogen and oxygen atoms in total. The predicted octanol–water partition coefficient (Wildman–Crippen LogP) is 4.75. The fourth-order valence-corrected chi connectivity index (χ4v) is 4.23. The summed E-state index contributed by atoms with van der Waals surface area (Å²) in [7, 11) is 0. The molecule has 0 aliphatic heterocycles. The number of hydrogen-bond donors (Lipinski definition) is 1. The van der Waals surface area contributed by atoms with Crippen LogP contribution in [0.1, 0.15) is 22.8 Å². The van der Waals surface area contributed by atoms with Gasteiger partial charge in [0.05, 0.1) is 23.8 Å². The molecule has 1 N–H and O–H groups in total. The number of aliphatic hydroxyl groups excluding tert-OH is 1. The molecule has 0 amide bonds. The molecule has 7 heteroatoms. The average molecular weight is 412 g/mol. The quantitative estimate of drug-likeness (QED) is 0.526. The third-order valence-electron chi connectivity index (χ3n) is 5.08. The number of nitrogens with zero attached hydrogens (tertiary/aromatic N) is 2. The van der Waals surface area contributed by atoms with Crippen LogP contribution in [0, 0.1) is 25.5 Å². The van der Waals surface area contributed by atoms with Gasteiger partial charge in [-0.05, 0) is 42.7 Å². The summed E-state index contributed by atoms with van der Waals surface area (Å²) in [5, 5.41) is 12.7. The lowest BCUT2D eigenvalue weighted by atomic mass is 10.0. The molecule has 0 aliphatic carbocycles. The maximum absolute atomic E-state index is 14.0. The summed E-state index contributed by atoms with van der Waals surface area (Å²) in [6.45, 7) is 3.72. The van der Waals surface area contributed by atoms with Gasteiger partial charge in [-0.2, -0.15) is 0 Å². The van der Waals surface area contributed by atoms with Crippen molar-refractivity contribution in [2.75, 3.05) is 0 Å². The maximum atomic E-state index is 14.0. The van der Waals surface area contributed by atoms with Crippen LogP contribution < -0.4 is 5.56 Å². The molecule has 2 aromatic carbocycles. The van der Waals surface area contributed by atoms with E-state index in [0.717, 1.165) is 34.4 Å². The smallest absolute Gasteiger partial charge is 0.262 e. The molecule has 4 rings (SSSR count). The molecule has 0 saturated carbocycles. The van der Waals surface area contributed by atoms with Gasteiger partial charge in [0.1, 0.15) is 22.6 Å². The summed E-state index contributed by atoms with van der Waals surface area (Å²) in [5.74, 6) is -1.71. The van der Waals surface area contributed by atoms with Crippen LogP contribution in [0.4, 0.5) is 8.78 Å². The molecule has 4 aromatic rings. The number of rotatable bonds is 4. The lowest BCUT2D eigenvalue weighted by Gasteiger charge is -2.14. The van der Waals surface area contributed by atoms with Crippen LogP contribution in [0.2, 0.25) is 0 Å². The molecule has 2 heterocycles. The molecular formula is C22H18F2N2O2S. The zero-order chi connectivity index (χ0) is 20.7. The highest BCUT2D eigenvalue weighted by molar-refractivity contribution is 7.17. The molecule has 148 valence electrons. The number of halogens is 2. The Morgan fingerprint density at radius 3 is 2.55 bits per heavy atom. The molecule has 0 fully saturated rings. The Morgan fingerprint density at radius 1 is 1.14 bits per heavy atom. The minimum absolute atomic E-state index is 0.304. The van der Waals surface area contributed by atoms with E-state index in [0.29, 0.717) is 10.2 Å². The minimum Gasteiger partial charge on any atom is -0.386 e. The highest BCUT2D eigenvalue weighted by Crippen LogP contribution is 2.32. The number of aromatic nitrogens is 2. The predicted molar refractivity (Wildman–Crippen MR) is 110 cm³/mol. The number of aliphatic hydroxyl groups is 1. The lowest BCUT2D eigenvalue weighted by molar-refractivity contribution is 0.145. The van der Waals surface area contributed by atoms with Crippen LogP contribution in [-0.4, -0.2) is 14.7 Å². The van der Waals surface area contributed by atoms with E-state index in [1.165, 1.54) is 28.3 Å². The number of hydrogen-bond acceptors (Lipinski definition) is 4. The summed E-state index contributed by atoms with van der Waals surface area (Å²) in [4.78, 5) is 18.0. The summed E-state index contributed by atoms with van der Waals surface area (Å²) >= 11 is 1.35. The molecule has 1 atom stereocenters. The van der Waals surface area contributed by atoms with Gasteiger partial charge < -0.3 is 5.11 Å². The second kappa shape index (κ2) is 7.50. The number of benzene rings is 2. The van der Waals surface area contributed by atoms with Crippen LogP contribution in [0.25, 0.3) is 21.3 Å². The van der Waals surface area contributed by atoms with E-state index in [4.69, 9.17) is 0 Å². The third-order valence-corrected chi connectivity index (χ3v) is 5.97. The van der Waals surface area contributed by atoms with Crippen molar-refractivity contribution >= 4 is 21.6 Å². The molecule has 2 aromatic heterocycles. The van der Waals surface area contributed by atoms with Gasteiger partial charge in [-0.1, -0.05) is 24.3 Å².